The fraction of sp³-hybridized carbons (Fsp3) is 0.267. The number of primary amides is 1. The van der Waals surface area contributed by atoms with E-state index in [0.29, 0.717) is 17.8 Å². The van der Waals surface area contributed by atoms with Crippen molar-refractivity contribution in [3.8, 4) is 0 Å². The van der Waals surface area contributed by atoms with Gasteiger partial charge >= 0.3 is 0 Å². The highest BCUT2D eigenvalue weighted by molar-refractivity contribution is 5.91. The Labute approximate surface area is 112 Å². The fourth-order valence-corrected chi connectivity index (χ4v) is 1.93. The molecule has 0 spiro atoms. The molecule has 19 heavy (non-hydrogen) atoms. The molecular weight excluding hydrogens is 238 g/mol. The van der Waals surface area contributed by atoms with Gasteiger partial charge in [0.15, 0.2) is 0 Å². The van der Waals surface area contributed by atoms with Crippen molar-refractivity contribution in [3.05, 3.63) is 58.7 Å². The van der Waals surface area contributed by atoms with Crippen LogP contribution in [0.4, 0.5) is 0 Å². The van der Waals surface area contributed by atoms with Gasteiger partial charge in [-0.3, -0.25) is 9.78 Å². The van der Waals surface area contributed by atoms with E-state index in [9.17, 15) is 4.79 Å². The van der Waals surface area contributed by atoms with Crippen molar-refractivity contribution >= 4 is 5.91 Å². The molecule has 0 aliphatic heterocycles. The number of nitrogens with zero attached hydrogens (tertiary/aromatic N) is 2. The molecule has 0 fully saturated rings. The molecule has 4 heteroatoms. The maximum absolute atomic E-state index is 11.4. The van der Waals surface area contributed by atoms with Gasteiger partial charge in [-0.05, 0) is 32.3 Å². The van der Waals surface area contributed by atoms with Crippen molar-refractivity contribution in [1.29, 1.82) is 0 Å². The van der Waals surface area contributed by atoms with Crippen LogP contribution in [0.2, 0.25) is 0 Å². The van der Waals surface area contributed by atoms with Gasteiger partial charge in [-0.2, -0.15) is 0 Å². The number of benzene rings is 1. The predicted molar refractivity (Wildman–Crippen MR) is 73.9 cm³/mol. The highest BCUT2D eigenvalue weighted by atomic mass is 16.1. The van der Waals surface area contributed by atoms with Crippen LogP contribution in [0.3, 0.4) is 0 Å². The van der Waals surface area contributed by atoms with Crippen molar-refractivity contribution in [1.82, 2.24) is 9.97 Å². The number of nitrogens with two attached hydrogens (primary N) is 1. The number of carbonyl (C=O) groups excluding carboxylic acids is 1. The van der Waals surface area contributed by atoms with Gasteiger partial charge in [-0.25, -0.2) is 4.98 Å². The number of hydrogen-bond acceptors (Lipinski definition) is 3. The second kappa shape index (κ2) is 5.61. The Hall–Kier alpha value is -2.23. The summed E-state index contributed by atoms with van der Waals surface area (Å²) in [4.78, 5) is 20.1. The van der Waals surface area contributed by atoms with Crippen LogP contribution in [-0.4, -0.2) is 15.9 Å². The minimum absolute atomic E-state index is 0.291. The number of amides is 1. The summed E-state index contributed by atoms with van der Waals surface area (Å²) in [5.74, 6) is -0.515. The van der Waals surface area contributed by atoms with Crippen molar-refractivity contribution in [3.63, 3.8) is 0 Å². The number of carbonyl (C=O) groups is 1. The molecule has 0 saturated heterocycles. The number of hydrogen-bond donors (Lipinski definition) is 1. The van der Waals surface area contributed by atoms with Crippen molar-refractivity contribution in [2.75, 3.05) is 0 Å². The van der Waals surface area contributed by atoms with Gasteiger partial charge in [0.2, 0.25) is 0 Å². The lowest BCUT2D eigenvalue weighted by atomic mass is 10.1. The Morgan fingerprint density at radius 1 is 1.05 bits per heavy atom. The zero-order chi connectivity index (χ0) is 13.8. The molecule has 2 rings (SSSR count). The van der Waals surface area contributed by atoms with Crippen LogP contribution in [0.1, 0.15) is 33.1 Å². The molecule has 1 heterocycles. The molecule has 0 aliphatic rings. The lowest BCUT2D eigenvalue weighted by Crippen LogP contribution is -2.19. The third kappa shape index (κ3) is 3.16. The summed E-state index contributed by atoms with van der Waals surface area (Å²) in [5, 5.41) is 0. The van der Waals surface area contributed by atoms with Gasteiger partial charge in [-0.1, -0.05) is 30.3 Å². The molecule has 1 amide bonds. The SMILES string of the molecule is Cc1nc(CCc2ccccc2)c(C(N)=O)nc1C. The van der Waals surface area contributed by atoms with Gasteiger partial charge in [-0.15, -0.1) is 0 Å². The number of rotatable bonds is 4. The first-order valence-corrected chi connectivity index (χ1v) is 6.26. The molecule has 98 valence electrons. The average Bonchev–Trinajstić information content (AvgIpc) is 2.40. The smallest absolute Gasteiger partial charge is 0.269 e. The summed E-state index contributed by atoms with van der Waals surface area (Å²) < 4.78 is 0. The van der Waals surface area contributed by atoms with Crippen LogP contribution >= 0.6 is 0 Å². The zero-order valence-corrected chi connectivity index (χ0v) is 11.2. The summed E-state index contributed by atoms with van der Waals surface area (Å²) in [6, 6.07) is 10.1. The van der Waals surface area contributed by atoms with Crippen LogP contribution < -0.4 is 5.73 Å². The zero-order valence-electron chi connectivity index (χ0n) is 11.2. The van der Waals surface area contributed by atoms with Crippen LogP contribution in [0, 0.1) is 13.8 Å². The van der Waals surface area contributed by atoms with Crippen LogP contribution in [-0.2, 0) is 12.8 Å². The summed E-state index contributed by atoms with van der Waals surface area (Å²) in [7, 11) is 0. The summed E-state index contributed by atoms with van der Waals surface area (Å²) in [6.07, 6.45) is 1.48. The maximum atomic E-state index is 11.4. The van der Waals surface area contributed by atoms with Crippen molar-refractivity contribution in [2.45, 2.75) is 26.7 Å². The molecule has 0 atom stereocenters. The predicted octanol–water partition coefficient (Wildman–Crippen LogP) is 1.98. The maximum Gasteiger partial charge on any atom is 0.269 e. The third-order valence-corrected chi connectivity index (χ3v) is 3.11. The normalized spacial score (nSPS) is 10.4. The minimum atomic E-state index is -0.515. The lowest BCUT2D eigenvalue weighted by molar-refractivity contribution is 0.0994. The Balaban J connectivity index is 2.24. The van der Waals surface area contributed by atoms with Crippen LogP contribution in [0.15, 0.2) is 30.3 Å². The van der Waals surface area contributed by atoms with Crippen molar-refractivity contribution < 1.29 is 4.79 Å². The van der Waals surface area contributed by atoms with E-state index < -0.39 is 5.91 Å². The number of aryl methyl sites for hydroxylation is 4. The van der Waals surface area contributed by atoms with Crippen molar-refractivity contribution in [2.24, 2.45) is 5.73 Å². The van der Waals surface area contributed by atoms with E-state index in [-0.39, 0.29) is 0 Å². The van der Waals surface area contributed by atoms with Gasteiger partial charge in [0.1, 0.15) is 5.69 Å². The van der Waals surface area contributed by atoms with Crippen LogP contribution in [0.25, 0.3) is 0 Å². The van der Waals surface area contributed by atoms with E-state index >= 15 is 0 Å². The molecule has 1 aromatic heterocycles. The van der Waals surface area contributed by atoms with Gasteiger partial charge < -0.3 is 5.73 Å². The van der Waals surface area contributed by atoms with E-state index in [1.165, 1.54) is 5.56 Å². The average molecular weight is 255 g/mol. The highest BCUT2D eigenvalue weighted by Gasteiger charge is 2.13. The Kier molecular flexibility index (Phi) is 3.90. The van der Waals surface area contributed by atoms with E-state index in [1.807, 2.05) is 32.0 Å². The summed E-state index contributed by atoms with van der Waals surface area (Å²) in [6.45, 7) is 3.72. The van der Waals surface area contributed by atoms with E-state index in [2.05, 4.69) is 22.1 Å². The molecule has 0 bridgehead atoms. The standard InChI is InChI=1S/C15H17N3O/c1-10-11(2)18-14(15(16)19)13(17-10)9-8-12-6-4-3-5-7-12/h3-7H,8-9H2,1-2H3,(H2,16,19). The van der Waals surface area contributed by atoms with Gasteiger partial charge in [0.05, 0.1) is 17.1 Å². The monoisotopic (exact) mass is 255 g/mol. The molecule has 0 aliphatic carbocycles. The van der Waals surface area contributed by atoms with E-state index in [4.69, 9.17) is 5.73 Å². The quantitative estimate of drug-likeness (QED) is 0.908. The molecule has 0 saturated carbocycles. The molecule has 2 aromatic rings. The van der Waals surface area contributed by atoms with E-state index in [0.717, 1.165) is 17.8 Å². The molecule has 1 aromatic carbocycles. The first-order chi connectivity index (χ1) is 9.08. The topological polar surface area (TPSA) is 68.9 Å². The third-order valence-electron chi connectivity index (χ3n) is 3.11. The summed E-state index contributed by atoms with van der Waals surface area (Å²) >= 11 is 0. The van der Waals surface area contributed by atoms with Gasteiger partial charge in [0, 0.05) is 0 Å². The minimum Gasteiger partial charge on any atom is -0.364 e. The Morgan fingerprint density at radius 3 is 2.32 bits per heavy atom. The first-order valence-electron chi connectivity index (χ1n) is 6.26. The molecule has 0 unspecified atom stereocenters. The van der Waals surface area contributed by atoms with E-state index in [1.54, 1.807) is 0 Å². The lowest BCUT2D eigenvalue weighted by Gasteiger charge is -2.08. The second-order valence-electron chi connectivity index (χ2n) is 4.54. The number of aromatic nitrogens is 2. The Bertz CT molecular complexity index is 594. The molecule has 0 radical (unpaired) electrons. The second-order valence-corrected chi connectivity index (χ2v) is 4.54. The molecule has 2 N–H and O–H groups in total. The highest BCUT2D eigenvalue weighted by Crippen LogP contribution is 2.11. The fourth-order valence-electron chi connectivity index (χ4n) is 1.93. The van der Waals surface area contributed by atoms with Crippen LogP contribution in [0.5, 0.6) is 0 Å². The molecule has 4 nitrogen and oxygen atoms in total. The van der Waals surface area contributed by atoms with Gasteiger partial charge in [0.25, 0.3) is 5.91 Å². The summed E-state index contributed by atoms with van der Waals surface area (Å²) in [5.41, 5.74) is 9.13. The first kappa shape index (κ1) is 13.2. The Morgan fingerprint density at radius 2 is 1.68 bits per heavy atom. The molecular formula is C15H17N3O. The largest absolute Gasteiger partial charge is 0.364 e.